The van der Waals surface area contributed by atoms with Gasteiger partial charge in [-0.05, 0) is 44.0 Å². The zero-order valence-electron chi connectivity index (χ0n) is 17.8. The molecule has 4 aromatic rings. The van der Waals surface area contributed by atoms with Gasteiger partial charge in [-0.15, -0.1) is 0 Å². The van der Waals surface area contributed by atoms with Gasteiger partial charge in [0.1, 0.15) is 0 Å². The van der Waals surface area contributed by atoms with Gasteiger partial charge in [-0.25, -0.2) is 18.5 Å². The molecule has 0 saturated heterocycles. The molecule has 0 saturated carbocycles. The Morgan fingerprint density at radius 3 is 2.47 bits per heavy atom. The lowest BCUT2D eigenvalue weighted by atomic mass is 10.0. The van der Waals surface area contributed by atoms with E-state index in [2.05, 4.69) is 15.5 Å². The van der Waals surface area contributed by atoms with Crippen molar-refractivity contribution in [2.75, 3.05) is 5.32 Å². The lowest BCUT2D eigenvalue weighted by Gasteiger charge is -2.11. The van der Waals surface area contributed by atoms with E-state index < -0.39 is 15.9 Å². The number of pyridine rings is 1. The molecule has 0 spiro atoms. The van der Waals surface area contributed by atoms with Gasteiger partial charge in [-0.3, -0.25) is 4.79 Å². The molecule has 0 aliphatic heterocycles. The normalized spacial score (nSPS) is 11.6. The van der Waals surface area contributed by atoms with E-state index in [0.29, 0.717) is 40.0 Å². The minimum Gasteiger partial charge on any atom is -0.335 e. The minimum atomic E-state index is -3.93. The van der Waals surface area contributed by atoms with Crippen molar-refractivity contribution in [2.45, 2.75) is 32.1 Å². The first-order valence-electron chi connectivity index (χ1n) is 9.98. The molecule has 0 fully saturated rings. The molecule has 0 aliphatic rings. The number of nitrogens with one attached hydrogen (secondary N) is 1. The first-order valence-corrected chi connectivity index (χ1v) is 11.5. The highest BCUT2D eigenvalue weighted by Crippen LogP contribution is 2.28. The first-order chi connectivity index (χ1) is 15.2. The van der Waals surface area contributed by atoms with Crippen molar-refractivity contribution < 1.29 is 17.7 Å². The maximum absolute atomic E-state index is 13.2. The number of aryl methyl sites for hydroxylation is 3. The van der Waals surface area contributed by atoms with Crippen LogP contribution in [0.2, 0.25) is 0 Å². The van der Waals surface area contributed by atoms with E-state index >= 15 is 0 Å². The van der Waals surface area contributed by atoms with Crippen LogP contribution in [-0.4, -0.2) is 24.5 Å². The fourth-order valence-corrected chi connectivity index (χ4v) is 4.40. The number of anilines is 1. The van der Waals surface area contributed by atoms with Gasteiger partial charge in [0, 0.05) is 11.3 Å². The molecule has 0 radical (unpaired) electrons. The summed E-state index contributed by atoms with van der Waals surface area (Å²) in [5, 5.41) is 12.6. The van der Waals surface area contributed by atoms with E-state index in [0.717, 1.165) is 11.1 Å². The van der Waals surface area contributed by atoms with Gasteiger partial charge in [0.25, 0.3) is 11.6 Å². The Hall–Kier alpha value is -3.56. The second-order valence-electron chi connectivity index (χ2n) is 7.54. The second kappa shape index (κ2) is 8.18. The van der Waals surface area contributed by atoms with E-state index in [1.165, 1.54) is 6.07 Å². The van der Waals surface area contributed by atoms with E-state index in [-0.39, 0.29) is 10.6 Å². The Kier molecular flexibility index (Phi) is 5.53. The highest BCUT2D eigenvalue weighted by Gasteiger charge is 2.21. The molecule has 2 heterocycles. The molecule has 0 aliphatic carbocycles. The molecule has 1 amide bonds. The summed E-state index contributed by atoms with van der Waals surface area (Å²) in [4.78, 5) is 17.7. The molecule has 2 aromatic carbocycles. The zero-order chi connectivity index (χ0) is 23.0. The average molecular weight is 451 g/mol. The van der Waals surface area contributed by atoms with Gasteiger partial charge in [0.05, 0.1) is 27.2 Å². The predicted molar refractivity (Wildman–Crippen MR) is 122 cm³/mol. The van der Waals surface area contributed by atoms with Crippen molar-refractivity contribution in [1.29, 1.82) is 0 Å². The molecular weight excluding hydrogens is 428 g/mol. The van der Waals surface area contributed by atoms with Crippen LogP contribution in [-0.2, 0) is 16.4 Å². The SMILES string of the molecule is CCc1ccc(NC(=O)c2cc(-c3ccc(C)cc3)nc3onc(C)c23)cc1S(N)(=O)=O. The van der Waals surface area contributed by atoms with Crippen molar-refractivity contribution in [1.82, 2.24) is 10.1 Å². The van der Waals surface area contributed by atoms with Crippen LogP contribution in [0.3, 0.4) is 0 Å². The average Bonchev–Trinajstić information content (AvgIpc) is 3.13. The number of carbonyl (C=O) groups is 1. The fraction of sp³-hybridized carbons (Fsp3) is 0.174. The van der Waals surface area contributed by atoms with Crippen LogP contribution in [0.5, 0.6) is 0 Å². The smallest absolute Gasteiger partial charge is 0.259 e. The van der Waals surface area contributed by atoms with Crippen LogP contribution in [0.4, 0.5) is 5.69 Å². The number of amides is 1. The van der Waals surface area contributed by atoms with Crippen LogP contribution >= 0.6 is 0 Å². The number of benzene rings is 2. The third-order valence-electron chi connectivity index (χ3n) is 5.22. The summed E-state index contributed by atoms with van der Waals surface area (Å²) in [6.07, 6.45) is 0.491. The largest absolute Gasteiger partial charge is 0.335 e. The number of rotatable bonds is 5. The lowest BCUT2D eigenvalue weighted by molar-refractivity contribution is 0.102. The minimum absolute atomic E-state index is 0.0146. The molecule has 32 heavy (non-hydrogen) atoms. The highest BCUT2D eigenvalue weighted by atomic mass is 32.2. The first kappa shape index (κ1) is 21.7. The zero-order valence-corrected chi connectivity index (χ0v) is 18.7. The van der Waals surface area contributed by atoms with Gasteiger partial charge >= 0.3 is 0 Å². The Morgan fingerprint density at radius 2 is 1.81 bits per heavy atom. The topological polar surface area (TPSA) is 128 Å². The molecule has 9 heteroatoms. The van der Waals surface area contributed by atoms with Gasteiger partial charge in [0.15, 0.2) is 0 Å². The molecule has 2 aromatic heterocycles. The Bertz CT molecular complexity index is 1440. The summed E-state index contributed by atoms with van der Waals surface area (Å²) < 4.78 is 29.3. The Labute approximate surface area is 185 Å². The summed E-state index contributed by atoms with van der Waals surface area (Å²) in [6, 6.07) is 14.1. The van der Waals surface area contributed by atoms with E-state index in [9.17, 15) is 13.2 Å². The number of primary sulfonamides is 1. The summed E-state index contributed by atoms with van der Waals surface area (Å²) in [7, 11) is -3.93. The molecule has 0 atom stereocenters. The number of nitrogens with zero attached hydrogens (tertiary/aromatic N) is 2. The molecule has 164 valence electrons. The molecule has 3 N–H and O–H groups in total. The highest BCUT2D eigenvalue weighted by molar-refractivity contribution is 7.89. The van der Waals surface area contributed by atoms with E-state index in [1.54, 1.807) is 25.1 Å². The molecule has 0 unspecified atom stereocenters. The number of nitrogens with two attached hydrogens (primary N) is 1. The number of hydrogen-bond donors (Lipinski definition) is 2. The van der Waals surface area contributed by atoms with E-state index in [4.69, 9.17) is 9.66 Å². The predicted octanol–water partition coefficient (Wildman–Crippen LogP) is 3.97. The van der Waals surface area contributed by atoms with Gasteiger partial charge in [0.2, 0.25) is 10.0 Å². The maximum Gasteiger partial charge on any atom is 0.259 e. The lowest BCUT2D eigenvalue weighted by Crippen LogP contribution is -2.17. The quantitative estimate of drug-likeness (QED) is 0.473. The van der Waals surface area contributed by atoms with Crippen molar-refractivity contribution >= 4 is 32.7 Å². The number of fused-ring (bicyclic) bond motifs is 1. The third kappa shape index (κ3) is 4.12. The van der Waals surface area contributed by atoms with Crippen LogP contribution in [0.1, 0.15) is 34.1 Å². The summed E-state index contributed by atoms with van der Waals surface area (Å²) in [5.74, 6) is -0.443. The van der Waals surface area contributed by atoms with Crippen molar-refractivity contribution in [3.05, 3.63) is 70.9 Å². The third-order valence-corrected chi connectivity index (χ3v) is 6.21. The molecule has 0 bridgehead atoms. The Balaban J connectivity index is 1.78. The van der Waals surface area contributed by atoms with E-state index in [1.807, 2.05) is 38.1 Å². The number of hydrogen-bond acceptors (Lipinski definition) is 6. The summed E-state index contributed by atoms with van der Waals surface area (Å²) >= 11 is 0. The van der Waals surface area contributed by atoms with Gasteiger partial charge in [-0.1, -0.05) is 48.0 Å². The standard InChI is InChI=1S/C23H22N4O4S/c1-4-15-9-10-17(11-20(15)32(24,29)30)25-22(28)18-12-19(16-7-5-13(2)6-8-16)26-23-21(18)14(3)27-31-23/h5-12H,4H2,1-3H3,(H,25,28)(H2,24,29,30). The molecular formula is C23H22N4O4S. The van der Waals surface area contributed by atoms with Crippen LogP contribution in [0.15, 0.2) is 57.9 Å². The van der Waals surface area contributed by atoms with Gasteiger partial charge < -0.3 is 9.84 Å². The van der Waals surface area contributed by atoms with Crippen LogP contribution in [0, 0.1) is 13.8 Å². The fourth-order valence-electron chi connectivity index (χ4n) is 3.53. The molecule has 8 nitrogen and oxygen atoms in total. The van der Waals surface area contributed by atoms with Crippen LogP contribution in [0.25, 0.3) is 22.4 Å². The second-order valence-corrected chi connectivity index (χ2v) is 9.07. The van der Waals surface area contributed by atoms with Crippen molar-refractivity contribution in [2.24, 2.45) is 5.14 Å². The number of carbonyl (C=O) groups excluding carboxylic acids is 1. The Morgan fingerprint density at radius 1 is 1.09 bits per heavy atom. The molecule has 4 rings (SSSR count). The van der Waals surface area contributed by atoms with Crippen molar-refractivity contribution in [3.8, 4) is 11.3 Å². The monoisotopic (exact) mass is 450 g/mol. The van der Waals surface area contributed by atoms with Crippen molar-refractivity contribution in [3.63, 3.8) is 0 Å². The summed E-state index contributed by atoms with van der Waals surface area (Å²) in [5.41, 5.74) is 4.47. The van der Waals surface area contributed by atoms with Gasteiger partial charge in [-0.2, -0.15) is 0 Å². The number of sulfonamides is 1. The summed E-state index contributed by atoms with van der Waals surface area (Å²) in [6.45, 7) is 5.54. The maximum atomic E-state index is 13.2. The van der Waals surface area contributed by atoms with Crippen LogP contribution < -0.4 is 10.5 Å². The number of aromatic nitrogens is 2.